The molecule has 2 atom stereocenters. The molecule has 1 aliphatic carbocycles. The quantitative estimate of drug-likeness (QED) is 0.652. The van der Waals surface area contributed by atoms with Crippen molar-refractivity contribution in [2.75, 3.05) is 6.54 Å². The van der Waals surface area contributed by atoms with Gasteiger partial charge in [-0.25, -0.2) is 0 Å². The van der Waals surface area contributed by atoms with E-state index < -0.39 is 0 Å². The standard InChI is InChI=1S/C10H17NO2/c1-7-2-5-9(12)6-11(7)10(13)8-3-4-8/h7-9,12H,2-6H2,1H3. The number of carbonyl (C=O) groups excluding carboxylic acids is 1. The number of amides is 1. The molecule has 2 rings (SSSR count). The molecule has 2 unspecified atom stereocenters. The highest BCUT2D eigenvalue weighted by Gasteiger charge is 2.37. The van der Waals surface area contributed by atoms with Gasteiger partial charge in [-0.3, -0.25) is 4.79 Å². The molecule has 2 aliphatic rings. The number of aliphatic hydroxyl groups excluding tert-OH is 1. The van der Waals surface area contributed by atoms with Gasteiger partial charge in [-0.1, -0.05) is 0 Å². The second-order valence-electron chi connectivity index (χ2n) is 4.35. The summed E-state index contributed by atoms with van der Waals surface area (Å²) in [5, 5.41) is 9.45. The highest BCUT2D eigenvalue weighted by Crippen LogP contribution is 2.33. The predicted octanol–water partition coefficient (Wildman–Crippen LogP) is 0.768. The summed E-state index contributed by atoms with van der Waals surface area (Å²) < 4.78 is 0. The summed E-state index contributed by atoms with van der Waals surface area (Å²) in [4.78, 5) is 13.6. The van der Waals surface area contributed by atoms with Crippen LogP contribution in [0.15, 0.2) is 0 Å². The van der Waals surface area contributed by atoms with Crippen molar-refractivity contribution in [2.24, 2.45) is 5.92 Å². The number of hydrogen-bond acceptors (Lipinski definition) is 2. The Morgan fingerprint density at radius 3 is 2.62 bits per heavy atom. The molecule has 1 aliphatic heterocycles. The van der Waals surface area contributed by atoms with Gasteiger partial charge < -0.3 is 10.0 Å². The van der Waals surface area contributed by atoms with Gasteiger partial charge in [0.2, 0.25) is 5.91 Å². The smallest absolute Gasteiger partial charge is 0.226 e. The normalized spacial score (nSPS) is 34.8. The molecular formula is C10H17NO2. The average Bonchev–Trinajstić information content (AvgIpc) is 2.91. The summed E-state index contributed by atoms with van der Waals surface area (Å²) in [6.07, 6.45) is 3.60. The van der Waals surface area contributed by atoms with Crippen molar-refractivity contribution in [1.82, 2.24) is 4.90 Å². The van der Waals surface area contributed by atoms with Gasteiger partial charge in [-0.15, -0.1) is 0 Å². The predicted molar refractivity (Wildman–Crippen MR) is 49.1 cm³/mol. The molecule has 1 heterocycles. The Hall–Kier alpha value is -0.570. The Kier molecular flexibility index (Phi) is 2.28. The molecule has 1 saturated heterocycles. The maximum absolute atomic E-state index is 11.7. The van der Waals surface area contributed by atoms with E-state index in [4.69, 9.17) is 0 Å². The maximum atomic E-state index is 11.7. The van der Waals surface area contributed by atoms with E-state index in [1.165, 1.54) is 0 Å². The zero-order valence-corrected chi connectivity index (χ0v) is 8.07. The van der Waals surface area contributed by atoms with Crippen LogP contribution in [0.3, 0.4) is 0 Å². The zero-order chi connectivity index (χ0) is 9.42. The number of carbonyl (C=O) groups is 1. The molecule has 0 aromatic heterocycles. The van der Waals surface area contributed by atoms with E-state index in [0.29, 0.717) is 12.6 Å². The van der Waals surface area contributed by atoms with Gasteiger partial charge in [-0.05, 0) is 32.6 Å². The summed E-state index contributed by atoms with van der Waals surface area (Å²) in [5.74, 6) is 0.555. The van der Waals surface area contributed by atoms with Crippen LogP contribution < -0.4 is 0 Å². The summed E-state index contributed by atoms with van der Waals surface area (Å²) in [6, 6.07) is 0.330. The average molecular weight is 183 g/mol. The Balaban J connectivity index is 1.97. The fraction of sp³-hybridized carbons (Fsp3) is 0.900. The number of rotatable bonds is 1. The molecule has 0 aromatic rings. The van der Waals surface area contributed by atoms with E-state index >= 15 is 0 Å². The first-order valence-electron chi connectivity index (χ1n) is 5.17. The first-order chi connectivity index (χ1) is 6.18. The van der Waals surface area contributed by atoms with E-state index in [9.17, 15) is 9.90 Å². The monoisotopic (exact) mass is 183 g/mol. The highest BCUT2D eigenvalue weighted by molar-refractivity contribution is 5.81. The number of aliphatic hydroxyl groups is 1. The van der Waals surface area contributed by atoms with Crippen LogP contribution in [0, 0.1) is 5.92 Å². The van der Waals surface area contributed by atoms with Gasteiger partial charge in [0.1, 0.15) is 0 Å². The van der Waals surface area contributed by atoms with Gasteiger partial charge in [0, 0.05) is 18.5 Å². The van der Waals surface area contributed by atoms with Crippen LogP contribution in [0.2, 0.25) is 0 Å². The van der Waals surface area contributed by atoms with Crippen molar-refractivity contribution in [3.63, 3.8) is 0 Å². The molecule has 0 radical (unpaired) electrons. The number of piperidine rings is 1. The Morgan fingerprint density at radius 1 is 1.31 bits per heavy atom. The molecule has 74 valence electrons. The van der Waals surface area contributed by atoms with Crippen LogP contribution in [-0.4, -0.2) is 34.6 Å². The van der Waals surface area contributed by atoms with E-state index in [-0.39, 0.29) is 17.9 Å². The SMILES string of the molecule is CC1CCC(O)CN1C(=O)C1CC1. The minimum absolute atomic E-state index is 0.270. The molecular weight excluding hydrogens is 166 g/mol. The fourth-order valence-corrected chi connectivity index (χ4v) is 1.96. The molecule has 3 heteroatoms. The van der Waals surface area contributed by atoms with Gasteiger partial charge in [-0.2, -0.15) is 0 Å². The molecule has 0 aromatic carbocycles. The second kappa shape index (κ2) is 3.29. The summed E-state index contributed by atoms with van der Waals surface area (Å²) in [5.41, 5.74) is 0. The number of nitrogens with zero attached hydrogens (tertiary/aromatic N) is 1. The van der Waals surface area contributed by atoms with Crippen LogP contribution >= 0.6 is 0 Å². The molecule has 1 N–H and O–H groups in total. The van der Waals surface area contributed by atoms with Crippen molar-refractivity contribution in [3.8, 4) is 0 Å². The minimum atomic E-state index is -0.293. The van der Waals surface area contributed by atoms with Crippen molar-refractivity contribution >= 4 is 5.91 Å². The Bertz CT molecular complexity index is 213. The highest BCUT2D eigenvalue weighted by atomic mass is 16.3. The summed E-state index contributed by atoms with van der Waals surface area (Å²) >= 11 is 0. The zero-order valence-electron chi connectivity index (χ0n) is 8.07. The van der Waals surface area contributed by atoms with Gasteiger partial charge in [0.05, 0.1) is 6.10 Å². The lowest BCUT2D eigenvalue weighted by Crippen LogP contribution is -2.48. The third-order valence-corrected chi connectivity index (χ3v) is 3.07. The molecule has 0 bridgehead atoms. The van der Waals surface area contributed by atoms with Crippen LogP contribution in [-0.2, 0) is 4.79 Å². The Morgan fingerprint density at radius 2 is 2.00 bits per heavy atom. The Labute approximate surface area is 78.7 Å². The lowest BCUT2D eigenvalue weighted by atomic mass is 10.0. The minimum Gasteiger partial charge on any atom is -0.391 e. The third kappa shape index (κ3) is 1.85. The van der Waals surface area contributed by atoms with Gasteiger partial charge >= 0.3 is 0 Å². The first-order valence-corrected chi connectivity index (χ1v) is 5.17. The summed E-state index contributed by atoms with van der Waals surface area (Å²) in [7, 11) is 0. The fourth-order valence-electron chi connectivity index (χ4n) is 1.96. The topological polar surface area (TPSA) is 40.5 Å². The number of hydrogen-bond donors (Lipinski definition) is 1. The molecule has 13 heavy (non-hydrogen) atoms. The molecule has 3 nitrogen and oxygen atoms in total. The molecule has 1 saturated carbocycles. The van der Waals surface area contributed by atoms with Crippen LogP contribution in [0.1, 0.15) is 32.6 Å². The van der Waals surface area contributed by atoms with E-state index in [2.05, 4.69) is 6.92 Å². The second-order valence-corrected chi connectivity index (χ2v) is 4.35. The van der Waals surface area contributed by atoms with E-state index in [1.54, 1.807) is 0 Å². The van der Waals surface area contributed by atoms with Crippen molar-refractivity contribution in [1.29, 1.82) is 0 Å². The van der Waals surface area contributed by atoms with Crippen molar-refractivity contribution in [3.05, 3.63) is 0 Å². The first kappa shape index (κ1) is 9.00. The number of likely N-dealkylation sites (tertiary alicyclic amines) is 1. The molecule has 2 fully saturated rings. The van der Waals surface area contributed by atoms with Crippen molar-refractivity contribution < 1.29 is 9.90 Å². The molecule has 1 amide bonds. The van der Waals surface area contributed by atoms with Crippen molar-refractivity contribution in [2.45, 2.75) is 44.8 Å². The largest absolute Gasteiger partial charge is 0.391 e. The van der Waals surface area contributed by atoms with E-state index in [0.717, 1.165) is 25.7 Å². The van der Waals surface area contributed by atoms with Gasteiger partial charge in [0.25, 0.3) is 0 Å². The van der Waals surface area contributed by atoms with E-state index in [1.807, 2.05) is 4.90 Å². The lowest BCUT2D eigenvalue weighted by Gasteiger charge is -2.36. The number of β-amino-alcohol motifs (C(OH)–C–C–N with tert-alkyl or cyclic N) is 1. The third-order valence-electron chi connectivity index (χ3n) is 3.07. The van der Waals surface area contributed by atoms with Crippen LogP contribution in [0.25, 0.3) is 0 Å². The maximum Gasteiger partial charge on any atom is 0.226 e. The summed E-state index contributed by atoms with van der Waals surface area (Å²) in [6.45, 7) is 2.63. The molecule has 0 spiro atoms. The van der Waals surface area contributed by atoms with Gasteiger partial charge in [0.15, 0.2) is 0 Å². The lowest BCUT2D eigenvalue weighted by molar-refractivity contribution is -0.138. The van der Waals surface area contributed by atoms with Crippen LogP contribution in [0.5, 0.6) is 0 Å². The van der Waals surface area contributed by atoms with Crippen LogP contribution in [0.4, 0.5) is 0 Å².